The predicted molar refractivity (Wildman–Crippen MR) is 56.2 cm³/mol. The molecule has 0 aliphatic heterocycles. The van der Waals surface area contributed by atoms with Gasteiger partial charge in [0.25, 0.3) is 0 Å². The standard InChI is InChI=1S/C8H12N4OS/c1-2-12(3-4-13)8-6(5-9)7(10)11-14-8/h13H,2-4H2,1H3,(H2,10,11). The maximum atomic E-state index is 8.85. The van der Waals surface area contributed by atoms with Crippen molar-refractivity contribution < 1.29 is 5.11 Å². The molecular weight excluding hydrogens is 200 g/mol. The van der Waals surface area contributed by atoms with Crippen LogP contribution in [0.1, 0.15) is 12.5 Å². The molecule has 0 radical (unpaired) electrons. The van der Waals surface area contributed by atoms with Crippen molar-refractivity contribution in [3.05, 3.63) is 5.56 Å². The van der Waals surface area contributed by atoms with Crippen LogP contribution in [0.2, 0.25) is 0 Å². The molecule has 0 amide bonds. The third-order valence-electron chi connectivity index (χ3n) is 1.85. The molecule has 3 N–H and O–H groups in total. The average molecular weight is 212 g/mol. The number of aliphatic hydroxyl groups excluding tert-OH is 1. The van der Waals surface area contributed by atoms with Gasteiger partial charge in [0, 0.05) is 13.1 Å². The van der Waals surface area contributed by atoms with Crippen molar-refractivity contribution in [1.29, 1.82) is 5.26 Å². The maximum Gasteiger partial charge on any atom is 0.157 e. The number of nitrogen functional groups attached to an aromatic ring is 1. The van der Waals surface area contributed by atoms with Gasteiger partial charge in [-0.25, -0.2) is 0 Å². The summed E-state index contributed by atoms with van der Waals surface area (Å²) in [6.07, 6.45) is 0. The Morgan fingerprint density at radius 3 is 2.93 bits per heavy atom. The molecule has 1 heterocycles. The molecule has 5 nitrogen and oxygen atoms in total. The molecule has 0 saturated carbocycles. The fourth-order valence-corrected chi connectivity index (χ4v) is 1.99. The van der Waals surface area contributed by atoms with Gasteiger partial charge < -0.3 is 15.7 Å². The fraction of sp³-hybridized carbons (Fsp3) is 0.500. The molecule has 0 bridgehead atoms. The minimum atomic E-state index is 0.0521. The lowest BCUT2D eigenvalue weighted by molar-refractivity contribution is 0.302. The number of nitriles is 1. The van der Waals surface area contributed by atoms with E-state index in [4.69, 9.17) is 16.1 Å². The topological polar surface area (TPSA) is 86.2 Å². The van der Waals surface area contributed by atoms with Gasteiger partial charge in [0.15, 0.2) is 5.82 Å². The van der Waals surface area contributed by atoms with E-state index in [1.165, 1.54) is 11.5 Å². The van der Waals surface area contributed by atoms with Crippen molar-refractivity contribution in [2.45, 2.75) is 6.92 Å². The number of anilines is 2. The van der Waals surface area contributed by atoms with E-state index in [9.17, 15) is 0 Å². The van der Waals surface area contributed by atoms with Gasteiger partial charge in [0.2, 0.25) is 0 Å². The lowest BCUT2D eigenvalue weighted by atomic mass is 10.3. The summed E-state index contributed by atoms with van der Waals surface area (Å²) in [4.78, 5) is 1.88. The third-order valence-corrected chi connectivity index (χ3v) is 2.77. The molecule has 6 heteroatoms. The second-order valence-electron chi connectivity index (χ2n) is 2.66. The molecule has 0 spiro atoms. The van der Waals surface area contributed by atoms with Crippen molar-refractivity contribution in [1.82, 2.24) is 4.37 Å². The molecule has 0 unspecified atom stereocenters. The first-order valence-corrected chi connectivity index (χ1v) is 5.03. The quantitative estimate of drug-likeness (QED) is 0.755. The lowest BCUT2D eigenvalue weighted by Gasteiger charge is -2.19. The van der Waals surface area contributed by atoms with Gasteiger partial charge in [-0.2, -0.15) is 9.64 Å². The van der Waals surface area contributed by atoms with Crippen LogP contribution in [0.4, 0.5) is 10.8 Å². The van der Waals surface area contributed by atoms with Crippen molar-refractivity contribution in [2.24, 2.45) is 0 Å². The second kappa shape index (κ2) is 4.79. The summed E-state index contributed by atoms with van der Waals surface area (Å²) < 4.78 is 3.91. The SMILES string of the molecule is CCN(CCO)c1snc(N)c1C#N. The summed E-state index contributed by atoms with van der Waals surface area (Å²) in [7, 11) is 0. The van der Waals surface area contributed by atoms with Crippen LogP contribution in [0.25, 0.3) is 0 Å². The Balaban J connectivity index is 2.98. The van der Waals surface area contributed by atoms with Gasteiger partial charge in [0.1, 0.15) is 16.6 Å². The van der Waals surface area contributed by atoms with Crippen molar-refractivity contribution in [2.75, 3.05) is 30.3 Å². The van der Waals surface area contributed by atoms with E-state index < -0.39 is 0 Å². The highest BCUT2D eigenvalue weighted by atomic mass is 32.1. The van der Waals surface area contributed by atoms with Crippen LogP contribution >= 0.6 is 11.5 Å². The zero-order valence-corrected chi connectivity index (χ0v) is 8.71. The predicted octanol–water partition coefficient (Wildman–Crippen LogP) is 0.416. The highest BCUT2D eigenvalue weighted by molar-refractivity contribution is 7.10. The van der Waals surface area contributed by atoms with Gasteiger partial charge in [-0.15, -0.1) is 0 Å². The van der Waals surface area contributed by atoms with E-state index in [2.05, 4.69) is 4.37 Å². The van der Waals surface area contributed by atoms with E-state index in [0.717, 1.165) is 11.5 Å². The highest BCUT2D eigenvalue weighted by Crippen LogP contribution is 2.29. The Hall–Kier alpha value is -1.32. The van der Waals surface area contributed by atoms with Crippen LogP contribution in [0.5, 0.6) is 0 Å². The summed E-state index contributed by atoms with van der Waals surface area (Å²) in [5.41, 5.74) is 5.94. The number of nitrogens with two attached hydrogens (primary N) is 1. The molecule has 14 heavy (non-hydrogen) atoms. The van der Waals surface area contributed by atoms with Crippen LogP contribution in [0.3, 0.4) is 0 Å². The molecule has 1 aromatic heterocycles. The van der Waals surface area contributed by atoms with E-state index >= 15 is 0 Å². The molecular formula is C8H12N4OS. The van der Waals surface area contributed by atoms with Crippen LogP contribution in [-0.2, 0) is 0 Å². The van der Waals surface area contributed by atoms with Crippen LogP contribution in [0.15, 0.2) is 0 Å². The van der Waals surface area contributed by atoms with Crippen molar-refractivity contribution >= 4 is 22.4 Å². The third kappa shape index (κ3) is 1.95. The largest absolute Gasteiger partial charge is 0.395 e. The normalized spacial score (nSPS) is 9.79. The second-order valence-corrected chi connectivity index (χ2v) is 3.41. The molecule has 0 saturated heterocycles. The van der Waals surface area contributed by atoms with E-state index in [1.54, 1.807) is 0 Å². The van der Waals surface area contributed by atoms with Crippen molar-refractivity contribution in [3.8, 4) is 6.07 Å². The number of aliphatic hydroxyl groups is 1. The minimum Gasteiger partial charge on any atom is -0.395 e. The van der Waals surface area contributed by atoms with Crippen LogP contribution in [0, 0.1) is 11.3 Å². The Bertz CT molecular complexity index is 344. The molecule has 1 rings (SSSR count). The number of likely N-dealkylation sites (N-methyl/N-ethyl adjacent to an activating group) is 1. The minimum absolute atomic E-state index is 0.0521. The Morgan fingerprint density at radius 1 is 1.71 bits per heavy atom. The maximum absolute atomic E-state index is 8.85. The molecule has 1 aromatic rings. The molecule has 0 aliphatic carbocycles. The summed E-state index contributed by atoms with van der Waals surface area (Å²) in [6, 6.07) is 2.02. The van der Waals surface area contributed by atoms with E-state index in [-0.39, 0.29) is 12.4 Å². The Kier molecular flexibility index (Phi) is 3.68. The van der Waals surface area contributed by atoms with Gasteiger partial charge in [-0.05, 0) is 18.5 Å². The van der Waals surface area contributed by atoms with Gasteiger partial charge >= 0.3 is 0 Å². The number of nitrogens with zero attached hydrogens (tertiary/aromatic N) is 3. The number of aromatic nitrogens is 1. The summed E-state index contributed by atoms with van der Waals surface area (Å²) in [5.74, 6) is 0.267. The number of rotatable bonds is 4. The lowest BCUT2D eigenvalue weighted by Crippen LogP contribution is -2.25. The first-order chi connectivity index (χ1) is 6.74. The molecule has 0 aromatic carbocycles. The summed E-state index contributed by atoms with van der Waals surface area (Å²) in [5, 5.41) is 18.4. The summed E-state index contributed by atoms with van der Waals surface area (Å²) >= 11 is 1.19. The van der Waals surface area contributed by atoms with E-state index in [0.29, 0.717) is 12.1 Å². The summed E-state index contributed by atoms with van der Waals surface area (Å²) in [6.45, 7) is 3.22. The molecule has 0 aliphatic rings. The van der Waals surface area contributed by atoms with Crippen LogP contribution in [-0.4, -0.2) is 29.2 Å². The zero-order valence-electron chi connectivity index (χ0n) is 7.90. The number of hydrogen-bond donors (Lipinski definition) is 2. The average Bonchev–Trinajstić information content (AvgIpc) is 2.56. The van der Waals surface area contributed by atoms with Gasteiger partial charge in [-0.3, -0.25) is 0 Å². The van der Waals surface area contributed by atoms with Crippen molar-refractivity contribution in [3.63, 3.8) is 0 Å². The fourth-order valence-electron chi connectivity index (χ4n) is 1.14. The zero-order chi connectivity index (χ0) is 10.6. The molecule has 0 fully saturated rings. The highest BCUT2D eigenvalue weighted by Gasteiger charge is 2.15. The number of hydrogen-bond acceptors (Lipinski definition) is 6. The van der Waals surface area contributed by atoms with Crippen LogP contribution < -0.4 is 10.6 Å². The Morgan fingerprint density at radius 2 is 2.43 bits per heavy atom. The van der Waals surface area contributed by atoms with E-state index in [1.807, 2.05) is 17.9 Å². The first-order valence-electron chi connectivity index (χ1n) is 4.25. The molecule has 0 atom stereocenters. The first kappa shape index (κ1) is 10.8. The Labute approximate surface area is 86.5 Å². The smallest absolute Gasteiger partial charge is 0.157 e. The monoisotopic (exact) mass is 212 g/mol. The van der Waals surface area contributed by atoms with Gasteiger partial charge in [-0.1, -0.05) is 0 Å². The van der Waals surface area contributed by atoms with Gasteiger partial charge in [0.05, 0.1) is 6.61 Å². The molecule has 76 valence electrons.